The molecule has 0 rings (SSSR count). The van der Waals surface area contributed by atoms with Crippen molar-refractivity contribution in [2.24, 2.45) is 0 Å². The molecule has 6 nitrogen and oxygen atoms in total. The summed E-state index contributed by atoms with van der Waals surface area (Å²) in [7, 11) is 0. The molecule has 6 heteroatoms. The first-order valence-corrected chi connectivity index (χ1v) is 18.5. The van der Waals surface area contributed by atoms with Crippen LogP contribution in [-0.2, 0) is 28.6 Å². The number of carbonyl (C=O) groups excluding carboxylic acids is 3. The Morgan fingerprint density at radius 1 is 0.372 bits per heavy atom. The lowest BCUT2D eigenvalue weighted by molar-refractivity contribution is -0.167. The molecule has 0 radical (unpaired) electrons. The number of ether oxygens (including phenoxy) is 3. The molecular weight excluding hydrogens is 540 g/mol. The highest BCUT2D eigenvalue weighted by Crippen LogP contribution is 2.14. The van der Waals surface area contributed by atoms with E-state index in [1.165, 1.54) is 96.3 Å². The van der Waals surface area contributed by atoms with Crippen molar-refractivity contribution in [3.63, 3.8) is 0 Å². The van der Waals surface area contributed by atoms with Gasteiger partial charge < -0.3 is 14.2 Å². The number of carbonyl (C=O) groups is 3. The van der Waals surface area contributed by atoms with Crippen molar-refractivity contribution in [3.8, 4) is 0 Å². The molecule has 0 amide bonds. The van der Waals surface area contributed by atoms with E-state index < -0.39 is 6.10 Å². The zero-order chi connectivity index (χ0) is 31.6. The summed E-state index contributed by atoms with van der Waals surface area (Å²) in [6.07, 6.45) is 29.9. The molecule has 0 aliphatic heterocycles. The Kier molecular flexibility index (Phi) is 32.1. The lowest BCUT2D eigenvalue weighted by Crippen LogP contribution is -2.30. The minimum absolute atomic E-state index is 0.0660. The van der Waals surface area contributed by atoms with Crippen LogP contribution in [0.4, 0.5) is 0 Å². The predicted molar refractivity (Wildman–Crippen MR) is 178 cm³/mol. The Bertz CT molecular complexity index is 635. The minimum Gasteiger partial charge on any atom is -0.462 e. The van der Waals surface area contributed by atoms with Crippen LogP contribution in [0.2, 0.25) is 0 Å². The third-order valence-electron chi connectivity index (χ3n) is 8.11. The van der Waals surface area contributed by atoms with Crippen LogP contribution in [0.25, 0.3) is 0 Å². The average molecular weight is 611 g/mol. The highest BCUT2D eigenvalue weighted by molar-refractivity contribution is 5.71. The van der Waals surface area contributed by atoms with Gasteiger partial charge in [-0.05, 0) is 19.3 Å². The molecule has 0 aliphatic rings. The van der Waals surface area contributed by atoms with Gasteiger partial charge in [-0.2, -0.15) is 0 Å². The van der Waals surface area contributed by atoms with Crippen LogP contribution in [0.5, 0.6) is 0 Å². The normalized spacial score (nSPS) is 11.8. The largest absolute Gasteiger partial charge is 0.462 e. The van der Waals surface area contributed by atoms with Crippen molar-refractivity contribution in [2.45, 2.75) is 207 Å². The second-order valence-corrected chi connectivity index (χ2v) is 12.5. The smallest absolute Gasteiger partial charge is 0.306 e. The number of hydrogen-bond donors (Lipinski definition) is 0. The van der Waals surface area contributed by atoms with Gasteiger partial charge in [0.15, 0.2) is 6.10 Å². The van der Waals surface area contributed by atoms with E-state index in [2.05, 4.69) is 20.8 Å². The van der Waals surface area contributed by atoms with Gasteiger partial charge in [0.05, 0.1) is 0 Å². The van der Waals surface area contributed by atoms with Crippen LogP contribution in [0.3, 0.4) is 0 Å². The maximum absolute atomic E-state index is 12.4. The van der Waals surface area contributed by atoms with E-state index in [9.17, 15) is 14.4 Å². The van der Waals surface area contributed by atoms with Gasteiger partial charge in [0.1, 0.15) is 13.2 Å². The molecule has 0 spiro atoms. The van der Waals surface area contributed by atoms with Gasteiger partial charge in [0.2, 0.25) is 0 Å². The molecule has 43 heavy (non-hydrogen) atoms. The Labute approximate surface area is 266 Å². The van der Waals surface area contributed by atoms with Crippen LogP contribution >= 0.6 is 0 Å². The molecule has 1 unspecified atom stereocenters. The summed E-state index contributed by atoms with van der Waals surface area (Å²) in [6, 6.07) is 0. The zero-order valence-electron chi connectivity index (χ0n) is 28.7. The summed E-state index contributed by atoms with van der Waals surface area (Å²) in [5.74, 6) is -0.889. The second-order valence-electron chi connectivity index (χ2n) is 12.5. The van der Waals surface area contributed by atoms with E-state index >= 15 is 0 Å². The van der Waals surface area contributed by atoms with Gasteiger partial charge in [0.25, 0.3) is 0 Å². The summed E-state index contributed by atoms with van der Waals surface area (Å²) in [5.41, 5.74) is 0. The summed E-state index contributed by atoms with van der Waals surface area (Å²) in [4.78, 5) is 37.0. The third-order valence-corrected chi connectivity index (χ3v) is 8.11. The van der Waals surface area contributed by atoms with E-state index in [1.807, 2.05) is 0 Å². The van der Waals surface area contributed by atoms with Gasteiger partial charge in [-0.3, -0.25) is 14.4 Å². The Morgan fingerprint density at radius 2 is 0.628 bits per heavy atom. The van der Waals surface area contributed by atoms with E-state index in [0.29, 0.717) is 19.3 Å². The number of unbranched alkanes of at least 4 members (excludes halogenated alkanes) is 22. The Morgan fingerprint density at radius 3 is 0.930 bits per heavy atom. The maximum Gasteiger partial charge on any atom is 0.306 e. The molecule has 0 N–H and O–H groups in total. The van der Waals surface area contributed by atoms with Crippen LogP contribution in [0, 0.1) is 0 Å². The van der Waals surface area contributed by atoms with Crippen molar-refractivity contribution >= 4 is 17.9 Å². The minimum atomic E-state index is -0.753. The van der Waals surface area contributed by atoms with E-state index in [4.69, 9.17) is 14.2 Å². The molecular formula is C37H70O6. The predicted octanol–water partition coefficient (Wildman–Crippen LogP) is 11.0. The van der Waals surface area contributed by atoms with E-state index in [1.54, 1.807) is 0 Å². The molecule has 1 atom stereocenters. The van der Waals surface area contributed by atoms with Gasteiger partial charge in [-0.15, -0.1) is 0 Å². The second kappa shape index (κ2) is 33.3. The summed E-state index contributed by atoms with van der Waals surface area (Å²) < 4.78 is 16.4. The number of hydrogen-bond acceptors (Lipinski definition) is 6. The highest BCUT2D eigenvalue weighted by Gasteiger charge is 2.19. The SMILES string of the molecule is CCCCCCCCCCCCCCCCC(=O)OCC(COC(=O)CCCCCCC)OC(=O)CCCCCCCC. The number of rotatable bonds is 33. The van der Waals surface area contributed by atoms with Crippen molar-refractivity contribution in [1.82, 2.24) is 0 Å². The average Bonchev–Trinajstić information content (AvgIpc) is 3.00. The maximum atomic E-state index is 12.4. The van der Waals surface area contributed by atoms with Crippen molar-refractivity contribution < 1.29 is 28.6 Å². The quantitative estimate of drug-likeness (QED) is 0.0418. The van der Waals surface area contributed by atoms with Gasteiger partial charge in [0, 0.05) is 19.3 Å². The topological polar surface area (TPSA) is 78.9 Å². The van der Waals surface area contributed by atoms with E-state index in [0.717, 1.165) is 64.2 Å². The van der Waals surface area contributed by atoms with Crippen molar-refractivity contribution in [3.05, 3.63) is 0 Å². The molecule has 0 aliphatic carbocycles. The van der Waals surface area contributed by atoms with Crippen molar-refractivity contribution in [2.75, 3.05) is 13.2 Å². The highest BCUT2D eigenvalue weighted by atomic mass is 16.6. The van der Waals surface area contributed by atoms with Gasteiger partial charge in [-0.1, -0.05) is 162 Å². The fraction of sp³-hybridized carbons (Fsp3) is 0.919. The molecule has 0 bridgehead atoms. The first-order valence-electron chi connectivity index (χ1n) is 18.5. The standard InChI is InChI=1S/C37H70O6/c1-4-7-10-13-15-16-17-18-19-20-21-22-25-27-30-36(39)42-33-34(32-41-35(38)29-26-23-12-9-6-3)43-37(40)31-28-24-14-11-8-5-2/h34H,4-33H2,1-3H3. The summed E-state index contributed by atoms with van der Waals surface area (Å²) in [6.45, 7) is 6.48. The molecule has 0 aromatic heterocycles. The molecule has 0 saturated heterocycles. The van der Waals surface area contributed by atoms with Gasteiger partial charge in [-0.25, -0.2) is 0 Å². The lowest BCUT2D eigenvalue weighted by Gasteiger charge is -2.18. The Hall–Kier alpha value is -1.59. The molecule has 254 valence electrons. The monoisotopic (exact) mass is 611 g/mol. The van der Waals surface area contributed by atoms with Crippen molar-refractivity contribution in [1.29, 1.82) is 0 Å². The molecule has 0 heterocycles. The van der Waals surface area contributed by atoms with Gasteiger partial charge >= 0.3 is 17.9 Å². The van der Waals surface area contributed by atoms with Crippen LogP contribution in [0.15, 0.2) is 0 Å². The molecule has 0 aromatic carbocycles. The zero-order valence-corrected chi connectivity index (χ0v) is 28.7. The first-order chi connectivity index (χ1) is 21.0. The fourth-order valence-electron chi connectivity index (χ4n) is 5.26. The molecule has 0 fully saturated rings. The molecule has 0 aromatic rings. The first kappa shape index (κ1) is 41.4. The van der Waals surface area contributed by atoms with Crippen LogP contribution in [0.1, 0.15) is 201 Å². The molecule has 0 saturated carbocycles. The summed E-state index contributed by atoms with van der Waals surface area (Å²) in [5, 5.41) is 0. The van der Waals surface area contributed by atoms with Crippen LogP contribution in [-0.4, -0.2) is 37.2 Å². The summed E-state index contributed by atoms with van der Waals surface area (Å²) >= 11 is 0. The lowest BCUT2D eigenvalue weighted by atomic mass is 10.0. The fourth-order valence-corrected chi connectivity index (χ4v) is 5.26. The van der Waals surface area contributed by atoms with E-state index in [-0.39, 0.29) is 31.1 Å². The Balaban J connectivity index is 4.16. The van der Waals surface area contributed by atoms with Crippen LogP contribution < -0.4 is 0 Å². The third kappa shape index (κ3) is 31.6. The number of esters is 3.